The van der Waals surface area contributed by atoms with Gasteiger partial charge in [-0.1, -0.05) is 24.3 Å². The monoisotopic (exact) mass is 382 g/mol. The Labute approximate surface area is 163 Å². The third kappa shape index (κ3) is 3.31. The van der Waals surface area contributed by atoms with E-state index in [-0.39, 0.29) is 18.7 Å². The Morgan fingerprint density at radius 2 is 1.39 bits per heavy atom. The fourth-order valence-electron chi connectivity index (χ4n) is 3.29. The molecule has 1 aliphatic rings. The maximum atomic E-state index is 13.4. The van der Waals surface area contributed by atoms with Crippen molar-refractivity contribution in [1.82, 2.24) is 10.2 Å². The zero-order chi connectivity index (χ0) is 20.3. The van der Waals surface area contributed by atoms with Crippen molar-refractivity contribution in [3.05, 3.63) is 59.7 Å². The van der Waals surface area contributed by atoms with Gasteiger partial charge in [0.15, 0.2) is 5.54 Å². The van der Waals surface area contributed by atoms with Crippen molar-refractivity contribution in [3.8, 4) is 11.5 Å². The van der Waals surface area contributed by atoms with E-state index >= 15 is 0 Å². The van der Waals surface area contributed by atoms with Crippen LogP contribution < -0.4 is 14.8 Å². The lowest BCUT2D eigenvalue weighted by atomic mass is 9.82. The molecule has 1 heterocycles. The fraction of sp³-hybridized carbons (Fsp3) is 0.286. The summed E-state index contributed by atoms with van der Waals surface area (Å²) in [5, 5.41) is 2.84. The van der Waals surface area contributed by atoms with Crippen LogP contribution in [0.15, 0.2) is 48.5 Å². The standard InChI is InChI=1S/C21H22N2O5/c1-14(24)12-13-23-19(25)21(22-20(23)26,15-4-8-17(27-2)9-5-15)16-6-10-18(28-3)11-7-16/h4-11H,12-13H2,1-3H3,(H,22,26). The maximum absolute atomic E-state index is 13.4. The number of hydrogen-bond donors (Lipinski definition) is 1. The molecule has 7 nitrogen and oxygen atoms in total. The minimum Gasteiger partial charge on any atom is -0.497 e. The van der Waals surface area contributed by atoms with E-state index in [4.69, 9.17) is 9.47 Å². The summed E-state index contributed by atoms with van der Waals surface area (Å²) < 4.78 is 10.4. The Morgan fingerprint density at radius 1 is 0.929 bits per heavy atom. The van der Waals surface area contributed by atoms with Gasteiger partial charge in [-0.15, -0.1) is 0 Å². The molecule has 3 amide bonds. The number of amides is 3. The van der Waals surface area contributed by atoms with Gasteiger partial charge >= 0.3 is 6.03 Å². The van der Waals surface area contributed by atoms with Crippen molar-refractivity contribution in [3.63, 3.8) is 0 Å². The van der Waals surface area contributed by atoms with Crippen LogP contribution in [0.3, 0.4) is 0 Å². The van der Waals surface area contributed by atoms with Crippen LogP contribution >= 0.6 is 0 Å². The summed E-state index contributed by atoms with van der Waals surface area (Å²) in [6, 6.07) is 13.4. The largest absolute Gasteiger partial charge is 0.497 e. The first-order chi connectivity index (χ1) is 13.4. The van der Waals surface area contributed by atoms with Crippen LogP contribution in [-0.4, -0.2) is 43.4 Å². The van der Waals surface area contributed by atoms with Gasteiger partial charge in [-0.05, 0) is 42.3 Å². The van der Waals surface area contributed by atoms with Crippen LogP contribution in [0.25, 0.3) is 0 Å². The lowest BCUT2D eigenvalue weighted by Gasteiger charge is -2.28. The fourth-order valence-corrected chi connectivity index (χ4v) is 3.29. The van der Waals surface area contributed by atoms with Gasteiger partial charge in [0, 0.05) is 13.0 Å². The predicted molar refractivity (Wildman–Crippen MR) is 102 cm³/mol. The van der Waals surface area contributed by atoms with Crippen LogP contribution in [0.5, 0.6) is 11.5 Å². The number of benzene rings is 2. The lowest BCUT2D eigenvalue weighted by Crippen LogP contribution is -2.45. The Bertz CT molecular complexity index is 843. The van der Waals surface area contributed by atoms with Crippen LogP contribution in [-0.2, 0) is 15.1 Å². The SMILES string of the molecule is COc1ccc(C2(c3ccc(OC)cc3)NC(=O)N(CCC(C)=O)C2=O)cc1. The van der Waals surface area contributed by atoms with E-state index in [0.29, 0.717) is 22.6 Å². The molecule has 7 heteroatoms. The summed E-state index contributed by atoms with van der Waals surface area (Å²) >= 11 is 0. The molecule has 3 rings (SSSR count). The highest BCUT2D eigenvalue weighted by Gasteiger charge is 2.53. The number of nitrogens with zero attached hydrogens (tertiary/aromatic N) is 1. The number of hydrogen-bond acceptors (Lipinski definition) is 5. The normalized spacial score (nSPS) is 15.3. The van der Waals surface area contributed by atoms with Crippen molar-refractivity contribution in [2.24, 2.45) is 0 Å². The molecule has 0 spiro atoms. The Morgan fingerprint density at radius 3 is 1.79 bits per heavy atom. The molecule has 0 aliphatic carbocycles. The van der Waals surface area contributed by atoms with Gasteiger partial charge in [0.1, 0.15) is 17.3 Å². The number of ketones is 1. The average molecular weight is 382 g/mol. The van der Waals surface area contributed by atoms with E-state index in [2.05, 4.69) is 5.32 Å². The molecule has 0 radical (unpaired) electrons. The third-order valence-corrected chi connectivity index (χ3v) is 4.84. The van der Waals surface area contributed by atoms with Crippen LogP contribution in [0.4, 0.5) is 4.79 Å². The molecule has 1 saturated heterocycles. The summed E-state index contributed by atoms with van der Waals surface area (Å²) in [7, 11) is 3.11. The molecule has 28 heavy (non-hydrogen) atoms. The van der Waals surface area contributed by atoms with E-state index in [1.165, 1.54) is 6.92 Å². The zero-order valence-corrected chi connectivity index (χ0v) is 16.0. The van der Waals surface area contributed by atoms with Gasteiger partial charge in [0.25, 0.3) is 5.91 Å². The van der Waals surface area contributed by atoms with Gasteiger partial charge in [-0.2, -0.15) is 0 Å². The average Bonchev–Trinajstić information content (AvgIpc) is 2.97. The first-order valence-corrected chi connectivity index (χ1v) is 8.85. The second-order valence-corrected chi connectivity index (χ2v) is 6.55. The minimum absolute atomic E-state index is 0.0358. The van der Waals surface area contributed by atoms with Crippen molar-refractivity contribution >= 4 is 17.7 Å². The Kier molecular flexibility index (Phi) is 5.35. The highest BCUT2D eigenvalue weighted by molar-refractivity contribution is 6.09. The molecule has 0 unspecified atom stereocenters. The molecule has 1 aliphatic heterocycles. The molecule has 1 fully saturated rings. The topological polar surface area (TPSA) is 84.9 Å². The van der Waals surface area contributed by atoms with Crippen molar-refractivity contribution in [2.75, 3.05) is 20.8 Å². The van der Waals surface area contributed by atoms with Crippen molar-refractivity contribution in [2.45, 2.75) is 18.9 Å². The predicted octanol–water partition coefficient (Wildman–Crippen LogP) is 2.48. The third-order valence-electron chi connectivity index (χ3n) is 4.84. The number of rotatable bonds is 7. The zero-order valence-electron chi connectivity index (χ0n) is 16.0. The summed E-state index contributed by atoms with van der Waals surface area (Å²) in [5.41, 5.74) is -0.184. The van der Waals surface area contributed by atoms with Crippen LogP contribution in [0, 0.1) is 0 Å². The van der Waals surface area contributed by atoms with E-state index in [9.17, 15) is 14.4 Å². The van der Waals surface area contributed by atoms with E-state index in [1.807, 2.05) is 0 Å². The smallest absolute Gasteiger partial charge is 0.325 e. The van der Waals surface area contributed by atoms with Crippen molar-refractivity contribution < 1.29 is 23.9 Å². The number of carbonyl (C=O) groups is 3. The molecule has 0 saturated carbocycles. The van der Waals surface area contributed by atoms with E-state index in [1.54, 1.807) is 62.8 Å². The Hall–Kier alpha value is -3.35. The molecule has 2 aromatic carbocycles. The van der Waals surface area contributed by atoms with E-state index in [0.717, 1.165) is 4.90 Å². The number of methoxy groups -OCH3 is 2. The summed E-state index contributed by atoms with van der Waals surface area (Å²) in [6.07, 6.45) is 0.112. The molecular formula is C21H22N2O5. The van der Waals surface area contributed by atoms with Gasteiger partial charge < -0.3 is 14.8 Å². The highest BCUT2D eigenvalue weighted by Crippen LogP contribution is 2.37. The van der Waals surface area contributed by atoms with Gasteiger partial charge in [0.05, 0.1) is 14.2 Å². The first kappa shape index (κ1) is 19.4. The van der Waals surface area contributed by atoms with Crippen LogP contribution in [0.1, 0.15) is 24.5 Å². The quantitative estimate of drug-likeness (QED) is 0.744. The minimum atomic E-state index is -1.38. The number of Topliss-reactive ketones (excluding diaryl/α,β-unsaturated/α-hetero) is 1. The molecule has 2 aromatic rings. The Balaban J connectivity index is 2.10. The number of nitrogens with one attached hydrogen (secondary N) is 1. The summed E-state index contributed by atoms with van der Waals surface area (Å²) in [5.74, 6) is 0.763. The van der Waals surface area contributed by atoms with Gasteiger partial charge in [-0.25, -0.2) is 4.79 Å². The number of carbonyl (C=O) groups excluding carboxylic acids is 3. The molecule has 0 bridgehead atoms. The van der Waals surface area contributed by atoms with Crippen LogP contribution in [0.2, 0.25) is 0 Å². The number of urea groups is 1. The number of imide groups is 1. The van der Waals surface area contributed by atoms with Gasteiger partial charge in [0.2, 0.25) is 0 Å². The molecule has 0 aromatic heterocycles. The molecular weight excluding hydrogens is 360 g/mol. The molecule has 146 valence electrons. The lowest BCUT2D eigenvalue weighted by molar-refractivity contribution is -0.130. The first-order valence-electron chi connectivity index (χ1n) is 8.85. The second kappa shape index (κ2) is 7.72. The van der Waals surface area contributed by atoms with Crippen molar-refractivity contribution in [1.29, 1.82) is 0 Å². The molecule has 0 atom stereocenters. The highest BCUT2D eigenvalue weighted by atomic mass is 16.5. The van der Waals surface area contributed by atoms with Gasteiger partial charge in [-0.3, -0.25) is 14.5 Å². The number of ether oxygens (including phenoxy) is 2. The summed E-state index contributed by atoms with van der Waals surface area (Å²) in [6.45, 7) is 1.46. The summed E-state index contributed by atoms with van der Waals surface area (Å²) in [4.78, 5) is 38.5. The maximum Gasteiger partial charge on any atom is 0.325 e. The molecule has 1 N–H and O–H groups in total. The second-order valence-electron chi connectivity index (χ2n) is 6.55. The van der Waals surface area contributed by atoms with E-state index < -0.39 is 17.5 Å².